The topological polar surface area (TPSA) is 98.5 Å². The lowest BCUT2D eigenvalue weighted by atomic mass is 10.1. The summed E-state index contributed by atoms with van der Waals surface area (Å²) >= 11 is 0. The molecule has 0 aliphatic rings. The summed E-state index contributed by atoms with van der Waals surface area (Å²) < 4.78 is 28.1. The first-order valence-electron chi connectivity index (χ1n) is 7.79. The van der Waals surface area contributed by atoms with E-state index in [0.717, 1.165) is 16.7 Å². The van der Waals surface area contributed by atoms with Gasteiger partial charge in [0, 0.05) is 0 Å². The molecule has 0 fully saturated rings. The maximum Gasteiger partial charge on any atom is 0.258 e. The number of amides is 1. The molecule has 0 radical (unpaired) electrons. The Labute approximate surface area is 148 Å². The Balaban J connectivity index is 1.94. The second kappa shape index (κ2) is 7.67. The molecule has 7 heteroatoms. The van der Waals surface area contributed by atoms with Crippen LogP contribution >= 0.6 is 0 Å². The highest BCUT2D eigenvalue weighted by Crippen LogP contribution is 2.19. The summed E-state index contributed by atoms with van der Waals surface area (Å²) in [5, 5.41) is 7.88. The van der Waals surface area contributed by atoms with Gasteiger partial charge in [0.25, 0.3) is 5.91 Å². The number of nitrogens with one attached hydrogen (secondary N) is 1. The van der Waals surface area contributed by atoms with Crippen LogP contribution in [0.25, 0.3) is 0 Å². The third kappa shape index (κ3) is 5.30. The van der Waals surface area contributed by atoms with Crippen molar-refractivity contribution < 1.29 is 17.9 Å². The summed E-state index contributed by atoms with van der Waals surface area (Å²) in [5.74, 6) is 0.421. The van der Waals surface area contributed by atoms with Gasteiger partial charge in [0.2, 0.25) is 10.0 Å². The van der Waals surface area contributed by atoms with Gasteiger partial charge in [-0.2, -0.15) is 0 Å². The summed E-state index contributed by atoms with van der Waals surface area (Å²) in [4.78, 5) is 12.1. The van der Waals surface area contributed by atoms with Crippen LogP contribution in [0.15, 0.2) is 47.4 Å². The maximum atomic E-state index is 12.1. The Morgan fingerprint density at radius 3 is 2.40 bits per heavy atom. The van der Waals surface area contributed by atoms with Crippen molar-refractivity contribution in [3.8, 4) is 5.75 Å². The predicted octanol–water partition coefficient (Wildman–Crippen LogP) is 2.21. The van der Waals surface area contributed by atoms with E-state index in [4.69, 9.17) is 9.88 Å². The van der Waals surface area contributed by atoms with Crippen molar-refractivity contribution in [1.29, 1.82) is 0 Å². The first kappa shape index (κ1) is 19.0. The largest absolute Gasteiger partial charge is 0.483 e. The zero-order valence-electron chi connectivity index (χ0n) is 14.4. The number of nitrogens with two attached hydrogens (primary N) is 1. The average Bonchev–Trinajstić information content (AvgIpc) is 2.55. The highest BCUT2D eigenvalue weighted by molar-refractivity contribution is 7.89. The van der Waals surface area contributed by atoms with E-state index >= 15 is 0 Å². The van der Waals surface area contributed by atoms with E-state index in [9.17, 15) is 13.2 Å². The van der Waals surface area contributed by atoms with Gasteiger partial charge >= 0.3 is 0 Å². The summed E-state index contributed by atoms with van der Waals surface area (Å²) in [6, 6.07) is 11.6. The minimum absolute atomic E-state index is 0.0352. The number of benzene rings is 2. The number of aryl methyl sites for hydroxylation is 2. The van der Waals surface area contributed by atoms with Gasteiger partial charge in [-0.25, -0.2) is 13.6 Å². The number of carbonyl (C=O) groups excluding carboxylic acids is 1. The first-order chi connectivity index (χ1) is 11.7. The van der Waals surface area contributed by atoms with Crippen LogP contribution in [0.2, 0.25) is 0 Å². The van der Waals surface area contributed by atoms with Gasteiger partial charge in [-0.3, -0.25) is 4.79 Å². The van der Waals surface area contributed by atoms with E-state index in [1.54, 1.807) is 12.1 Å². The van der Waals surface area contributed by atoms with Gasteiger partial charge in [0.1, 0.15) is 5.75 Å². The first-order valence-corrected chi connectivity index (χ1v) is 9.33. The van der Waals surface area contributed by atoms with Crippen LogP contribution in [-0.2, 0) is 14.8 Å². The average molecular weight is 362 g/mol. The van der Waals surface area contributed by atoms with Crippen LogP contribution in [0.1, 0.15) is 29.7 Å². The smallest absolute Gasteiger partial charge is 0.258 e. The molecule has 2 aromatic carbocycles. The van der Waals surface area contributed by atoms with Crippen molar-refractivity contribution in [1.82, 2.24) is 5.32 Å². The molecule has 0 saturated carbocycles. The van der Waals surface area contributed by atoms with Crippen molar-refractivity contribution in [3.63, 3.8) is 0 Å². The monoisotopic (exact) mass is 362 g/mol. The Morgan fingerprint density at radius 1 is 1.16 bits per heavy atom. The molecule has 0 aromatic heterocycles. The minimum Gasteiger partial charge on any atom is -0.483 e. The van der Waals surface area contributed by atoms with Gasteiger partial charge in [-0.05, 0) is 55.7 Å². The SMILES string of the molecule is Cc1ccc(C)c(OCC(=O)N[C@H](C)c2ccc(S(N)(=O)=O)cc2)c1. The van der Waals surface area contributed by atoms with Crippen molar-refractivity contribution in [2.45, 2.75) is 31.7 Å². The third-order valence-electron chi connectivity index (χ3n) is 3.79. The van der Waals surface area contributed by atoms with Crippen molar-refractivity contribution in [3.05, 3.63) is 59.2 Å². The predicted molar refractivity (Wildman–Crippen MR) is 95.8 cm³/mol. The molecule has 134 valence electrons. The van der Waals surface area contributed by atoms with E-state index in [0.29, 0.717) is 5.75 Å². The lowest BCUT2D eigenvalue weighted by Crippen LogP contribution is -2.31. The fourth-order valence-electron chi connectivity index (χ4n) is 2.32. The Morgan fingerprint density at radius 2 is 1.80 bits per heavy atom. The molecule has 0 saturated heterocycles. The lowest BCUT2D eigenvalue weighted by molar-refractivity contribution is -0.123. The van der Waals surface area contributed by atoms with Gasteiger partial charge in [-0.1, -0.05) is 24.3 Å². The second-order valence-corrected chi connectivity index (χ2v) is 7.52. The lowest BCUT2D eigenvalue weighted by Gasteiger charge is -2.16. The molecule has 1 amide bonds. The molecule has 0 heterocycles. The molecule has 25 heavy (non-hydrogen) atoms. The van der Waals surface area contributed by atoms with Crippen LogP contribution in [0, 0.1) is 13.8 Å². The summed E-state index contributed by atoms with van der Waals surface area (Å²) in [6.07, 6.45) is 0. The molecule has 2 aromatic rings. The Bertz CT molecular complexity index is 861. The van der Waals surface area contributed by atoms with Crippen molar-refractivity contribution >= 4 is 15.9 Å². The van der Waals surface area contributed by atoms with E-state index in [1.807, 2.05) is 39.0 Å². The molecule has 0 aliphatic heterocycles. The van der Waals surface area contributed by atoms with Crippen LogP contribution in [-0.4, -0.2) is 20.9 Å². The highest BCUT2D eigenvalue weighted by atomic mass is 32.2. The molecule has 0 spiro atoms. The number of hydrogen-bond acceptors (Lipinski definition) is 4. The fraction of sp³-hybridized carbons (Fsp3) is 0.278. The van der Waals surface area contributed by atoms with E-state index in [2.05, 4.69) is 5.32 Å². The molecule has 2 rings (SSSR count). The highest BCUT2D eigenvalue weighted by Gasteiger charge is 2.13. The Kier molecular flexibility index (Phi) is 5.81. The van der Waals surface area contributed by atoms with Gasteiger partial charge in [0.15, 0.2) is 6.61 Å². The summed E-state index contributed by atoms with van der Waals surface area (Å²) in [6.45, 7) is 5.59. The van der Waals surface area contributed by atoms with Gasteiger partial charge in [0.05, 0.1) is 10.9 Å². The number of hydrogen-bond donors (Lipinski definition) is 2. The second-order valence-electron chi connectivity index (χ2n) is 5.96. The number of primary sulfonamides is 1. The molecule has 0 unspecified atom stereocenters. The third-order valence-corrected chi connectivity index (χ3v) is 4.72. The number of rotatable bonds is 6. The van der Waals surface area contributed by atoms with Crippen LogP contribution in [0.3, 0.4) is 0 Å². The normalized spacial score (nSPS) is 12.5. The summed E-state index contributed by atoms with van der Waals surface area (Å²) in [7, 11) is -3.72. The number of carbonyl (C=O) groups is 1. The molecule has 0 aliphatic carbocycles. The standard InChI is InChI=1S/C18H22N2O4S/c1-12-4-5-13(2)17(10-12)24-11-18(21)20-14(3)15-6-8-16(9-7-15)25(19,22)23/h4-10,14H,11H2,1-3H3,(H,20,21)(H2,19,22,23)/t14-/m1/s1. The van der Waals surface area contributed by atoms with Crippen molar-refractivity contribution in [2.75, 3.05) is 6.61 Å². The quantitative estimate of drug-likeness (QED) is 0.823. The fourth-order valence-corrected chi connectivity index (χ4v) is 2.83. The number of sulfonamides is 1. The molecule has 1 atom stereocenters. The number of ether oxygens (including phenoxy) is 1. The minimum atomic E-state index is -3.72. The van der Waals surface area contributed by atoms with Crippen molar-refractivity contribution in [2.24, 2.45) is 5.14 Å². The summed E-state index contributed by atoms with van der Waals surface area (Å²) in [5.41, 5.74) is 2.79. The van der Waals surface area contributed by atoms with Crippen LogP contribution in [0.5, 0.6) is 5.75 Å². The molecule has 3 N–H and O–H groups in total. The zero-order chi connectivity index (χ0) is 18.6. The van der Waals surface area contributed by atoms with E-state index in [-0.39, 0.29) is 23.5 Å². The van der Waals surface area contributed by atoms with Gasteiger partial charge in [-0.15, -0.1) is 0 Å². The maximum absolute atomic E-state index is 12.1. The molecular formula is C18H22N2O4S. The van der Waals surface area contributed by atoms with E-state index in [1.165, 1.54) is 12.1 Å². The van der Waals surface area contributed by atoms with E-state index < -0.39 is 10.0 Å². The Hall–Kier alpha value is -2.38. The van der Waals surface area contributed by atoms with Gasteiger partial charge < -0.3 is 10.1 Å². The zero-order valence-corrected chi connectivity index (χ0v) is 15.3. The van der Waals surface area contributed by atoms with Crippen LogP contribution < -0.4 is 15.2 Å². The molecule has 6 nitrogen and oxygen atoms in total. The molecule has 0 bridgehead atoms. The molecular weight excluding hydrogens is 340 g/mol. The van der Waals surface area contributed by atoms with Crippen LogP contribution in [0.4, 0.5) is 0 Å².